The van der Waals surface area contributed by atoms with Gasteiger partial charge in [-0.25, -0.2) is 4.39 Å². The molecule has 5 heteroatoms. The van der Waals surface area contributed by atoms with Crippen molar-refractivity contribution in [1.82, 2.24) is 4.90 Å². The highest BCUT2D eigenvalue weighted by molar-refractivity contribution is 5.77. The Labute approximate surface area is 87.8 Å². The van der Waals surface area contributed by atoms with E-state index in [2.05, 4.69) is 5.16 Å². The molecule has 1 aromatic rings. The van der Waals surface area contributed by atoms with Crippen molar-refractivity contribution >= 4 is 5.96 Å². The van der Waals surface area contributed by atoms with Crippen LogP contribution in [0.25, 0.3) is 0 Å². The van der Waals surface area contributed by atoms with E-state index in [0.29, 0.717) is 5.56 Å². The maximum absolute atomic E-state index is 13.4. The van der Waals surface area contributed by atoms with E-state index < -0.39 is 0 Å². The predicted molar refractivity (Wildman–Crippen MR) is 56.0 cm³/mol. The highest BCUT2D eigenvalue weighted by Crippen LogP contribution is 2.20. The molecule has 82 valence electrons. The molecule has 0 amide bonds. The fourth-order valence-electron chi connectivity index (χ4n) is 1.29. The van der Waals surface area contributed by atoms with Crippen molar-refractivity contribution in [3.8, 4) is 0 Å². The number of guanidine groups is 1. The van der Waals surface area contributed by atoms with Gasteiger partial charge in [0.2, 0.25) is 5.96 Å². The van der Waals surface area contributed by atoms with E-state index in [1.54, 1.807) is 32.2 Å². The first-order valence-electron chi connectivity index (χ1n) is 4.52. The second kappa shape index (κ2) is 4.63. The van der Waals surface area contributed by atoms with Crippen molar-refractivity contribution in [2.75, 3.05) is 7.05 Å². The topological polar surface area (TPSA) is 61.8 Å². The van der Waals surface area contributed by atoms with E-state index in [4.69, 9.17) is 10.9 Å². The maximum Gasteiger partial charge on any atom is 0.233 e. The summed E-state index contributed by atoms with van der Waals surface area (Å²) in [6.45, 7) is 1.77. The number of oxime groups is 1. The molecule has 0 aliphatic heterocycles. The number of hydrogen-bond acceptors (Lipinski definition) is 2. The molecule has 0 aromatic heterocycles. The van der Waals surface area contributed by atoms with Crippen LogP contribution >= 0.6 is 0 Å². The van der Waals surface area contributed by atoms with Gasteiger partial charge in [0.1, 0.15) is 5.82 Å². The lowest BCUT2D eigenvalue weighted by atomic mass is 10.1. The summed E-state index contributed by atoms with van der Waals surface area (Å²) < 4.78 is 13.4. The van der Waals surface area contributed by atoms with Crippen LogP contribution in [0.4, 0.5) is 4.39 Å². The second-order valence-electron chi connectivity index (χ2n) is 3.27. The van der Waals surface area contributed by atoms with Crippen LogP contribution in [0.3, 0.4) is 0 Å². The van der Waals surface area contributed by atoms with Crippen LogP contribution in [0.5, 0.6) is 0 Å². The number of hydrogen-bond donors (Lipinski definition) is 2. The van der Waals surface area contributed by atoms with E-state index in [0.717, 1.165) is 0 Å². The van der Waals surface area contributed by atoms with Gasteiger partial charge in [-0.15, -0.1) is 0 Å². The van der Waals surface area contributed by atoms with E-state index in [1.807, 2.05) is 0 Å². The Hall–Kier alpha value is -1.78. The third-order valence-corrected chi connectivity index (χ3v) is 2.40. The number of nitrogens with two attached hydrogens (primary N) is 1. The Kier molecular flexibility index (Phi) is 3.49. The minimum absolute atomic E-state index is 0.0502. The largest absolute Gasteiger partial charge is 0.408 e. The smallest absolute Gasteiger partial charge is 0.233 e. The van der Waals surface area contributed by atoms with Gasteiger partial charge in [-0.3, -0.25) is 0 Å². The average molecular weight is 211 g/mol. The SMILES string of the molecule is CC(c1ccccc1F)N(C)C(N)=NO. The molecular weight excluding hydrogens is 197 g/mol. The molecule has 0 aliphatic rings. The zero-order chi connectivity index (χ0) is 11.4. The van der Waals surface area contributed by atoms with Gasteiger partial charge in [0.25, 0.3) is 0 Å². The van der Waals surface area contributed by atoms with Gasteiger partial charge >= 0.3 is 0 Å². The standard InChI is InChI=1S/C10H14FN3O/c1-7(14(2)10(12)13-15)8-5-3-4-6-9(8)11/h3-7,15H,1-2H3,(H2,12,13). The summed E-state index contributed by atoms with van der Waals surface area (Å²) in [7, 11) is 1.63. The number of rotatable bonds is 2. The van der Waals surface area contributed by atoms with Crippen molar-refractivity contribution < 1.29 is 9.60 Å². The lowest BCUT2D eigenvalue weighted by Gasteiger charge is -2.25. The first-order chi connectivity index (χ1) is 7.07. The van der Waals surface area contributed by atoms with E-state index >= 15 is 0 Å². The van der Waals surface area contributed by atoms with Gasteiger partial charge in [0, 0.05) is 12.6 Å². The molecule has 0 heterocycles. The number of nitrogens with zero attached hydrogens (tertiary/aromatic N) is 2. The molecule has 4 nitrogen and oxygen atoms in total. The van der Waals surface area contributed by atoms with Crippen LogP contribution in [0.1, 0.15) is 18.5 Å². The third-order valence-electron chi connectivity index (χ3n) is 2.40. The summed E-state index contributed by atoms with van der Waals surface area (Å²) in [4.78, 5) is 1.48. The third kappa shape index (κ3) is 2.37. The second-order valence-corrected chi connectivity index (χ2v) is 3.27. The molecule has 1 atom stereocenters. The molecule has 0 spiro atoms. The Morgan fingerprint density at radius 1 is 1.53 bits per heavy atom. The van der Waals surface area contributed by atoms with Gasteiger partial charge in [-0.05, 0) is 13.0 Å². The summed E-state index contributed by atoms with van der Waals surface area (Å²) in [6.07, 6.45) is 0. The van der Waals surface area contributed by atoms with Crippen LogP contribution in [0.2, 0.25) is 0 Å². The number of benzene rings is 1. The van der Waals surface area contributed by atoms with E-state index in [9.17, 15) is 4.39 Å². The molecule has 3 N–H and O–H groups in total. The van der Waals surface area contributed by atoms with Crippen LogP contribution in [-0.2, 0) is 0 Å². The molecular formula is C10H14FN3O. The van der Waals surface area contributed by atoms with Crippen molar-refractivity contribution in [3.63, 3.8) is 0 Å². The fraction of sp³-hybridized carbons (Fsp3) is 0.300. The van der Waals surface area contributed by atoms with Crippen LogP contribution in [-0.4, -0.2) is 23.1 Å². The minimum atomic E-state index is -0.303. The molecule has 1 rings (SSSR count). The van der Waals surface area contributed by atoms with Crippen molar-refractivity contribution in [3.05, 3.63) is 35.6 Å². The maximum atomic E-state index is 13.4. The van der Waals surface area contributed by atoms with Crippen molar-refractivity contribution in [2.24, 2.45) is 10.9 Å². The monoisotopic (exact) mass is 211 g/mol. The summed E-state index contributed by atoms with van der Waals surface area (Å²) in [6, 6.07) is 6.12. The van der Waals surface area contributed by atoms with Gasteiger partial charge in [-0.2, -0.15) is 0 Å². The Balaban J connectivity index is 2.95. The van der Waals surface area contributed by atoms with Crippen LogP contribution in [0, 0.1) is 5.82 Å². The van der Waals surface area contributed by atoms with Crippen LogP contribution < -0.4 is 5.73 Å². The highest BCUT2D eigenvalue weighted by Gasteiger charge is 2.16. The lowest BCUT2D eigenvalue weighted by Crippen LogP contribution is -2.36. The summed E-state index contributed by atoms with van der Waals surface area (Å²) in [5.41, 5.74) is 5.91. The Morgan fingerprint density at radius 2 is 2.13 bits per heavy atom. The fourth-order valence-corrected chi connectivity index (χ4v) is 1.29. The lowest BCUT2D eigenvalue weighted by molar-refractivity contribution is 0.293. The zero-order valence-corrected chi connectivity index (χ0v) is 8.68. The molecule has 15 heavy (non-hydrogen) atoms. The van der Waals surface area contributed by atoms with E-state index in [1.165, 1.54) is 11.0 Å². The first kappa shape index (κ1) is 11.3. The number of halogens is 1. The summed E-state index contributed by atoms with van der Waals surface area (Å²) in [5, 5.41) is 11.4. The Morgan fingerprint density at radius 3 is 2.67 bits per heavy atom. The van der Waals surface area contributed by atoms with Gasteiger partial charge in [-0.1, -0.05) is 23.4 Å². The molecule has 1 unspecified atom stereocenters. The summed E-state index contributed by atoms with van der Waals surface area (Å²) in [5.74, 6) is -0.353. The van der Waals surface area contributed by atoms with Crippen molar-refractivity contribution in [1.29, 1.82) is 0 Å². The first-order valence-corrected chi connectivity index (χ1v) is 4.52. The normalized spacial score (nSPS) is 13.7. The molecule has 0 aliphatic carbocycles. The van der Waals surface area contributed by atoms with Gasteiger partial charge in [0.15, 0.2) is 0 Å². The van der Waals surface area contributed by atoms with Crippen LogP contribution in [0.15, 0.2) is 29.4 Å². The Bertz CT molecular complexity index is 367. The van der Waals surface area contributed by atoms with E-state index in [-0.39, 0.29) is 17.8 Å². The molecule has 0 bridgehead atoms. The van der Waals surface area contributed by atoms with Gasteiger partial charge < -0.3 is 15.8 Å². The predicted octanol–water partition coefficient (Wildman–Crippen LogP) is 1.52. The molecule has 0 fully saturated rings. The van der Waals surface area contributed by atoms with Crippen molar-refractivity contribution in [2.45, 2.75) is 13.0 Å². The average Bonchev–Trinajstić information content (AvgIpc) is 2.26. The molecule has 1 aromatic carbocycles. The highest BCUT2D eigenvalue weighted by atomic mass is 19.1. The summed E-state index contributed by atoms with van der Waals surface area (Å²) >= 11 is 0. The molecule has 0 saturated carbocycles. The zero-order valence-electron chi connectivity index (χ0n) is 8.68. The van der Waals surface area contributed by atoms with Gasteiger partial charge in [0.05, 0.1) is 6.04 Å². The minimum Gasteiger partial charge on any atom is -0.408 e. The molecule has 0 radical (unpaired) electrons. The molecule has 0 saturated heterocycles. The quantitative estimate of drug-likeness (QED) is 0.337.